The summed E-state index contributed by atoms with van der Waals surface area (Å²) >= 11 is 0. The third-order valence-corrected chi connectivity index (χ3v) is 2.98. The van der Waals surface area contributed by atoms with Crippen molar-refractivity contribution in [1.29, 1.82) is 0 Å². The van der Waals surface area contributed by atoms with Gasteiger partial charge in [-0.15, -0.1) is 0 Å². The van der Waals surface area contributed by atoms with Gasteiger partial charge in [0.05, 0.1) is 6.04 Å². The van der Waals surface area contributed by atoms with Crippen molar-refractivity contribution in [3.63, 3.8) is 0 Å². The summed E-state index contributed by atoms with van der Waals surface area (Å²) in [6.45, 7) is 2.04. The minimum absolute atomic E-state index is 0.0160. The second kappa shape index (κ2) is 3.07. The van der Waals surface area contributed by atoms with Gasteiger partial charge in [0.25, 0.3) is 0 Å². The molecule has 2 aromatic rings. The monoisotopic (exact) mass is 202 g/mol. The Balaban J connectivity index is 2.05. The molecule has 15 heavy (non-hydrogen) atoms. The molecule has 0 saturated heterocycles. The van der Waals surface area contributed by atoms with Crippen molar-refractivity contribution in [2.75, 3.05) is 0 Å². The summed E-state index contributed by atoms with van der Waals surface area (Å²) in [5, 5.41) is 0. The third-order valence-electron chi connectivity index (χ3n) is 2.98. The number of aromatic nitrogens is 1. The van der Waals surface area contributed by atoms with E-state index < -0.39 is 0 Å². The molecule has 3 heteroatoms. The van der Waals surface area contributed by atoms with E-state index in [0.29, 0.717) is 11.8 Å². The van der Waals surface area contributed by atoms with E-state index >= 15 is 0 Å². The second-order valence-corrected chi connectivity index (χ2v) is 4.39. The van der Waals surface area contributed by atoms with Crippen LogP contribution in [0.5, 0.6) is 0 Å². The van der Waals surface area contributed by atoms with E-state index in [0.717, 1.165) is 11.1 Å². The van der Waals surface area contributed by atoms with Crippen molar-refractivity contribution in [1.82, 2.24) is 4.98 Å². The number of oxazole rings is 1. The molecule has 1 aromatic carbocycles. The molecular weight excluding hydrogens is 188 g/mol. The number of hydrogen-bond donors (Lipinski definition) is 1. The summed E-state index contributed by atoms with van der Waals surface area (Å²) in [4.78, 5) is 4.42. The van der Waals surface area contributed by atoms with Crippen LogP contribution in [0.4, 0.5) is 0 Å². The highest BCUT2D eigenvalue weighted by Crippen LogP contribution is 2.39. The molecule has 1 aliphatic carbocycles. The Bertz CT molecular complexity index is 499. The van der Waals surface area contributed by atoms with Crippen LogP contribution in [0.1, 0.15) is 30.3 Å². The van der Waals surface area contributed by atoms with Gasteiger partial charge < -0.3 is 10.2 Å². The molecule has 3 rings (SSSR count). The van der Waals surface area contributed by atoms with Crippen molar-refractivity contribution in [2.24, 2.45) is 11.7 Å². The molecule has 2 N–H and O–H groups in total. The highest BCUT2D eigenvalue weighted by atomic mass is 16.3. The number of benzene rings is 1. The molecule has 1 saturated carbocycles. The van der Waals surface area contributed by atoms with E-state index in [1.54, 1.807) is 0 Å². The molecule has 0 spiro atoms. The molecule has 1 unspecified atom stereocenters. The lowest BCUT2D eigenvalue weighted by molar-refractivity contribution is 0.448. The van der Waals surface area contributed by atoms with Crippen LogP contribution in [0.15, 0.2) is 22.6 Å². The van der Waals surface area contributed by atoms with Crippen LogP contribution in [0, 0.1) is 12.8 Å². The predicted molar refractivity (Wildman–Crippen MR) is 58.4 cm³/mol. The largest absolute Gasteiger partial charge is 0.439 e. The topological polar surface area (TPSA) is 52.0 Å². The molecule has 1 atom stereocenters. The van der Waals surface area contributed by atoms with Crippen LogP contribution in [0.3, 0.4) is 0 Å². The Labute approximate surface area is 88.3 Å². The lowest BCUT2D eigenvalue weighted by Gasteiger charge is -2.02. The van der Waals surface area contributed by atoms with Gasteiger partial charge in [0.1, 0.15) is 5.52 Å². The molecule has 0 aliphatic heterocycles. The summed E-state index contributed by atoms with van der Waals surface area (Å²) < 4.78 is 5.68. The Morgan fingerprint density at radius 3 is 3.00 bits per heavy atom. The smallest absolute Gasteiger partial charge is 0.212 e. The van der Waals surface area contributed by atoms with Crippen LogP contribution >= 0.6 is 0 Å². The normalized spacial score (nSPS) is 18.3. The Kier molecular flexibility index (Phi) is 1.83. The first-order chi connectivity index (χ1) is 7.24. The van der Waals surface area contributed by atoms with Crippen LogP contribution in [0.2, 0.25) is 0 Å². The zero-order chi connectivity index (χ0) is 10.4. The fraction of sp³-hybridized carbons (Fsp3) is 0.417. The molecule has 1 fully saturated rings. The summed E-state index contributed by atoms with van der Waals surface area (Å²) in [6, 6.07) is 6.01. The zero-order valence-corrected chi connectivity index (χ0v) is 8.73. The predicted octanol–water partition coefficient (Wildman–Crippen LogP) is 2.55. The first-order valence-corrected chi connectivity index (χ1v) is 5.37. The van der Waals surface area contributed by atoms with Crippen LogP contribution in [0.25, 0.3) is 11.1 Å². The molecule has 1 aliphatic rings. The molecule has 3 nitrogen and oxygen atoms in total. The molecule has 1 heterocycles. The molecule has 78 valence electrons. The molecular formula is C12H14N2O. The van der Waals surface area contributed by atoms with Crippen molar-refractivity contribution >= 4 is 11.1 Å². The Morgan fingerprint density at radius 2 is 2.27 bits per heavy atom. The Hall–Kier alpha value is -1.35. The summed E-state index contributed by atoms with van der Waals surface area (Å²) in [6.07, 6.45) is 2.41. The minimum atomic E-state index is -0.0160. The lowest BCUT2D eigenvalue weighted by Crippen LogP contribution is -2.12. The fourth-order valence-corrected chi connectivity index (χ4v) is 1.85. The molecule has 0 bridgehead atoms. The maximum Gasteiger partial charge on any atom is 0.212 e. The van der Waals surface area contributed by atoms with Crippen LogP contribution < -0.4 is 5.73 Å². The maximum atomic E-state index is 6.05. The van der Waals surface area contributed by atoms with Gasteiger partial charge in [-0.05, 0) is 43.4 Å². The minimum Gasteiger partial charge on any atom is -0.439 e. The fourth-order valence-electron chi connectivity index (χ4n) is 1.85. The van der Waals surface area contributed by atoms with E-state index in [1.807, 2.05) is 25.1 Å². The van der Waals surface area contributed by atoms with Gasteiger partial charge >= 0.3 is 0 Å². The molecule has 1 aromatic heterocycles. The average molecular weight is 202 g/mol. The zero-order valence-electron chi connectivity index (χ0n) is 8.73. The number of hydrogen-bond acceptors (Lipinski definition) is 3. The van der Waals surface area contributed by atoms with Crippen molar-refractivity contribution < 1.29 is 4.42 Å². The van der Waals surface area contributed by atoms with Gasteiger partial charge in [-0.2, -0.15) is 0 Å². The molecule has 0 radical (unpaired) electrons. The van der Waals surface area contributed by atoms with Gasteiger partial charge in [0.2, 0.25) is 5.89 Å². The number of nitrogens with two attached hydrogens (primary N) is 1. The summed E-state index contributed by atoms with van der Waals surface area (Å²) in [7, 11) is 0. The van der Waals surface area contributed by atoms with Gasteiger partial charge in [-0.1, -0.05) is 6.07 Å². The number of rotatable bonds is 2. The number of fused-ring (bicyclic) bond motifs is 1. The number of aryl methyl sites for hydroxylation is 1. The highest BCUT2D eigenvalue weighted by Gasteiger charge is 2.32. The quantitative estimate of drug-likeness (QED) is 0.814. The number of nitrogens with zero attached hydrogens (tertiary/aromatic N) is 1. The van der Waals surface area contributed by atoms with Crippen molar-refractivity contribution in [2.45, 2.75) is 25.8 Å². The van der Waals surface area contributed by atoms with Crippen molar-refractivity contribution in [3.8, 4) is 0 Å². The van der Waals surface area contributed by atoms with Crippen LogP contribution in [-0.4, -0.2) is 4.98 Å². The summed E-state index contributed by atoms with van der Waals surface area (Å²) in [5.74, 6) is 1.28. The van der Waals surface area contributed by atoms with E-state index in [2.05, 4.69) is 4.98 Å². The van der Waals surface area contributed by atoms with E-state index in [1.165, 1.54) is 18.4 Å². The highest BCUT2D eigenvalue weighted by molar-refractivity contribution is 5.73. The van der Waals surface area contributed by atoms with E-state index in [9.17, 15) is 0 Å². The second-order valence-electron chi connectivity index (χ2n) is 4.39. The van der Waals surface area contributed by atoms with Gasteiger partial charge in [0.15, 0.2) is 5.58 Å². The van der Waals surface area contributed by atoms with Crippen LogP contribution in [-0.2, 0) is 0 Å². The third kappa shape index (κ3) is 1.53. The van der Waals surface area contributed by atoms with Crippen molar-refractivity contribution in [3.05, 3.63) is 29.7 Å². The average Bonchev–Trinajstić information content (AvgIpc) is 2.97. The summed E-state index contributed by atoms with van der Waals surface area (Å²) in [5.41, 5.74) is 8.99. The maximum absolute atomic E-state index is 6.05. The Morgan fingerprint density at radius 1 is 1.47 bits per heavy atom. The van der Waals surface area contributed by atoms with E-state index in [-0.39, 0.29) is 6.04 Å². The standard InChI is InChI=1S/C12H14N2O/c1-7-2-5-9-10(6-7)15-12(14-9)11(13)8-3-4-8/h2,5-6,8,11H,3-4,13H2,1H3. The SMILES string of the molecule is Cc1ccc2nc(C(N)C3CC3)oc2c1. The van der Waals surface area contributed by atoms with Gasteiger partial charge in [-0.25, -0.2) is 4.98 Å². The lowest BCUT2D eigenvalue weighted by atomic mass is 10.2. The van der Waals surface area contributed by atoms with Gasteiger partial charge in [-0.3, -0.25) is 0 Å². The first kappa shape index (κ1) is 8.92. The van der Waals surface area contributed by atoms with E-state index in [4.69, 9.17) is 10.2 Å². The first-order valence-electron chi connectivity index (χ1n) is 5.37. The van der Waals surface area contributed by atoms with Gasteiger partial charge in [0, 0.05) is 0 Å². The molecule has 0 amide bonds.